The van der Waals surface area contributed by atoms with Crippen molar-refractivity contribution in [2.75, 3.05) is 11.0 Å². The van der Waals surface area contributed by atoms with E-state index in [1.807, 2.05) is 5.48 Å². The molecule has 98 valence electrons. The number of nitrogens with one attached hydrogen (secondary N) is 2. The second-order valence-electron chi connectivity index (χ2n) is 4.12. The average molecular weight is 258 g/mol. The molecule has 0 aromatic heterocycles. The predicted octanol–water partition coefficient (Wildman–Crippen LogP) is 3.16. The molecule has 0 saturated heterocycles. The fraction of sp³-hybridized carbons (Fsp3) is 0.0714. The minimum atomic E-state index is -0.0866. The Morgan fingerprint density at radius 1 is 0.947 bits per heavy atom. The monoisotopic (exact) mass is 258 g/mol. The summed E-state index contributed by atoms with van der Waals surface area (Å²) in [6.45, 7) is 1.48. The van der Waals surface area contributed by atoms with E-state index in [1.165, 1.54) is 6.92 Å². The number of carbonyl (C=O) groups excluding carboxylic acids is 1. The van der Waals surface area contributed by atoms with Crippen LogP contribution in [0.4, 0.5) is 11.4 Å². The maximum atomic E-state index is 11.7. The van der Waals surface area contributed by atoms with Gasteiger partial charge in [0.25, 0.3) is 0 Å². The Bertz CT molecular complexity index is 594. The maximum absolute atomic E-state index is 11.7. The fourth-order valence-electron chi connectivity index (χ4n) is 1.88. The summed E-state index contributed by atoms with van der Waals surface area (Å²) in [6.07, 6.45) is 0. The predicted molar refractivity (Wildman–Crippen MR) is 72.7 cm³/mol. The van der Waals surface area contributed by atoms with Crippen LogP contribution in [0.1, 0.15) is 17.3 Å². The van der Waals surface area contributed by atoms with E-state index in [9.17, 15) is 4.79 Å². The summed E-state index contributed by atoms with van der Waals surface area (Å²) in [5, 5.41) is 17.6. The molecule has 0 atom stereocenters. The molecule has 19 heavy (non-hydrogen) atoms. The van der Waals surface area contributed by atoms with E-state index in [4.69, 9.17) is 10.4 Å². The van der Waals surface area contributed by atoms with Gasteiger partial charge in [0.15, 0.2) is 5.78 Å². The van der Waals surface area contributed by atoms with Crippen LogP contribution in [0.2, 0.25) is 0 Å². The van der Waals surface area contributed by atoms with Crippen LogP contribution in [0.15, 0.2) is 42.5 Å². The normalized spacial score (nSPS) is 10.1. The second kappa shape index (κ2) is 5.51. The van der Waals surface area contributed by atoms with Crippen molar-refractivity contribution in [3.05, 3.63) is 48.0 Å². The molecular formula is C14H14N2O3. The lowest BCUT2D eigenvalue weighted by molar-refractivity contribution is 0.101. The topological polar surface area (TPSA) is 81.6 Å². The van der Waals surface area contributed by atoms with Crippen molar-refractivity contribution in [1.82, 2.24) is 0 Å². The third-order valence-corrected chi connectivity index (χ3v) is 2.85. The largest absolute Gasteiger partial charge is 0.294 e. The number of carbonyl (C=O) groups is 1. The number of Topliss-reactive ketones (excluding diaryl/α,β-unsaturated/α-hetero) is 1. The van der Waals surface area contributed by atoms with Gasteiger partial charge in [-0.15, -0.1) is 0 Å². The van der Waals surface area contributed by atoms with Gasteiger partial charge >= 0.3 is 0 Å². The van der Waals surface area contributed by atoms with E-state index in [-0.39, 0.29) is 5.78 Å². The van der Waals surface area contributed by atoms with E-state index in [0.717, 1.165) is 11.1 Å². The molecule has 0 amide bonds. The quantitative estimate of drug-likeness (QED) is 0.500. The molecular weight excluding hydrogens is 244 g/mol. The minimum absolute atomic E-state index is 0.0866. The summed E-state index contributed by atoms with van der Waals surface area (Å²) in [7, 11) is 0. The van der Waals surface area contributed by atoms with Crippen LogP contribution in [-0.2, 0) is 0 Å². The third kappa shape index (κ3) is 2.73. The zero-order chi connectivity index (χ0) is 13.8. The summed E-state index contributed by atoms with van der Waals surface area (Å²) in [4.78, 5) is 11.7. The highest BCUT2D eigenvalue weighted by molar-refractivity contribution is 6.01. The Hall–Kier alpha value is -2.37. The van der Waals surface area contributed by atoms with Gasteiger partial charge < -0.3 is 0 Å². The molecule has 5 heteroatoms. The van der Waals surface area contributed by atoms with Gasteiger partial charge in [-0.1, -0.05) is 18.2 Å². The van der Waals surface area contributed by atoms with Crippen molar-refractivity contribution in [3.8, 4) is 11.1 Å². The van der Waals surface area contributed by atoms with Gasteiger partial charge in [0.05, 0.1) is 11.4 Å². The van der Waals surface area contributed by atoms with E-state index in [1.54, 1.807) is 42.5 Å². The molecule has 0 aliphatic carbocycles. The van der Waals surface area contributed by atoms with Crippen LogP contribution >= 0.6 is 0 Å². The smallest absolute Gasteiger partial charge is 0.160 e. The highest BCUT2D eigenvalue weighted by atomic mass is 16.5. The van der Waals surface area contributed by atoms with Gasteiger partial charge in [-0.25, -0.2) is 0 Å². The minimum Gasteiger partial charge on any atom is -0.294 e. The molecule has 0 radical (unpaired) electrons. The molecule has 5 nitrogen and oxygen atoms in total. The molecule has 2 rings (SSSR count). The van der Waals surface area contributed by atoms with Gasteiger partial charge in [-0.05, 0) is 42.3 Å². The number of anilines is 2. The molecule has 4 N–H and O–H groups in total. The molecule has 0 fully saturated rings. The van der Waals surface area contributed by atoms with E-state index in [2.05, 4.69) is 5.48 Å². The lowest BCUT2D eigenvalue weighted by Gasteiger charge is -2.10. The van der Waals surface area contributed by atoms with Crippen molar-refractivity contribution >= 4 is 17.2 Å². The van der Waals surface area contributed by atoms with E-state index >= 15 is 0 Å². The van der Waals surface area contributed by atoms with E-state index < -0.39 is 0 Å². The van der Waals surface area contributed by atoms with Crippen molar-refractivity contribution < 1.29 is 15.2 Å². The summed E-state index contributed by atoms with van der Waals surface area (Å²) in [5.41, 5.74) is 7.25. The van der Waals surface area contributed by atoms with Gasteiger partial charge in [0.1, 0.15) is 0 Å². The molecule has 0 aliphatic heterocycles. The third-order valence-electron chi connectivity index (χ3n) is 2.85. The molecule has 2 aromatic rings. The number of rotatable bonds is 4. The first-order valence-corrected chi connectivity index (χ1v) is 5.71. The highest BCUT2D eigenvalue weighted by Gasteiger charge is 2.10. The first-order chi connectivity index (χ1) is 9.15. The van der Waals surface area contributed by atoms with Crippen LogP contribution in [-0.4, -0.2) is 16.2 Å². The van der Waals surface area contributed by atoms with Crippen molar-refractivity contribution in [2.45, 2.75) is 6.92 Å². The standard InChI is InChI=1S/C14H14N2O3/c1-9(17)14-8-12(16-19)6-7-13(14)10-2-4-11(15-18)5-3-10/h2-8,15-16,18-19H,1H3. The Morgan fingerprint density at radius 3 is 2.05 bits per heavy atom. The zero-order valence-corrected chi connectivity index (χ0v) is 10.3. The molecule has 0 bridgehead atoms. The number of hydrogen-bond donors (Lipinski definition) is 4. The number of ketones is 1. The second-order valence-corrected chi connectivity index (χ2v) is 4.12. The number of benzene rings is 2. The van der Waals surface area contributed by atoms with Crippen LogP contribution < -0.4 is 11.0 Å². The lowest BCUT2D eigenvalue weighted by Crippen LogP contribution is -1.99. The Balaban J connectivity index is 2.50. The van der Waals surface area contributed by atoms with Gasteiger partial charge in [0, 0.05) is 5.56 Å². The summed E-state index contributed by atoms with van der Waals surface area (Å²) in [6, 6.07) is 12.0. The van der Waals surface area contributed by atoms with Gasteiger partial charge in [-0.2, -0.15) is 0 Å². The highest BCUT2D eigenvalue weighted by Crippen LogP contribution is 2.27. The Morgan fingerprint density at radius 2 is 1.53 bits per heavy atom. The van der Waals surface area contributed by atoms with Crippen LogP contribution in [0, 0.1) is 0 Å². The average Bonchev–Trinajstić information content (AvgIpc) is 2.46. The van der Waals surface area contributed by atoms with Crippen molar-refractivity contribution in [1.29, 1.82) is 0 Å². The summed E-state index contributed by atoms with van der Waals surface area (Å²) >= 11 is 0. The van der Waals surface area contributed by atoms with Crippen LogP contribution in [0.25, 0.3) is 11.1 Å². The van der Waals surface area contributed by atoms with E-state index in [0.29, 0.717) is 16.9 Å². The zero-order valence-electron chi connectivity index (χ0n) is 10.3. The molecule has 0 saturated carbocycles. The molecule has 0 heterocycles. The first kappa shape index (κ1) is 13.1. The van der Waals surface area contributed by atoms with Crippen LogP contribution in [0.5, 0.6) is 0 Å². The molecule has 0 aliphatic rings. The summed E-state index contributed by atoms with van der Waals surface area (Å²) < 4.78 is 0. The SMILES string of the molecule is CC(=O)c1cc(NO)ccc1-c1ccc(NO)cc1. The molecule has 2 aromatic carbocycles. The van der Waals surface area contributed by atoms with Crippen molar-refractivity contribution in [3.63, 3.8) is 0 Å². The lowest BCUT2D eigenvalue weighted by atomic mass is 9.97. The molecule has 0 spiro atoms. The van der Waals surface area contributed by atoms with Crippen LogP contribution in [0.3, 0.4) is 0 Å². The Kier molecular flexibility index (Phi) is 3.79. The van der Waals surface area contributed by atoms with Crippen molar-refractivity contribution in [2.24, 2.45) is 0 Å². The first-order valence-electron chi connectivity index (χ1n) is 5.71. The Labute approximate surface area is 110 Å². The fourth-order valence-corrected chi connectivity index (χ4v) is 1.88. The van der Waals surface area contributed by atoms with Gasteiger partial charge in [0.2, 0.25) is 0 Å². The van der Waals surface area contributed by atoms with Gasteiger partial charge in [-0.3, -0.25) is 26.2 Å². The summed E-state index contributed by atoms with van der Waals surface area (Å²) in [5.74, 6) is -0.0866. The maximum Gasteiger partial charge on any atom is 0.160 e. The molecule has 0 unspecified atom stereocenters. The number of hydrogen-bond acceptors (Lipinski definition) is 5.